The fourth-order valence-electron chi connectivity index (χ4n) is 2.85. The quantitative estimate of drug-likeness (QED) is 0.844. The molecule has 0 spiro atoms. The highest BCUT2D eigenvalue weighted by Gasteiger charge is 2.28. The molecule has 116 valence electrons. The predicted octanol–water partition coefficient (Wildman–Crippen LogP) is 2.28. The second-order valence-electron chi connectivity index (χ2n) is 5.51. The van der Waals surface area contributed by atoms with E-state index in [4.69, 9.17) is 0 Å². The molecule has 5 heteroatoms. The van der Waals surface area contributed by atoms with Crippen molar-refractivity contribution in [1.82, 2.24) is 9.88 Å². The topological polar surface area (TPSA) is 65.5 Å². The Balaban J connectivity index is 2.17. The highest BCUT2D eigenvalue weighted by Crippen LogP contribution is 2.24. The third kappa shape index (κ3) is 3.94. The van der Waals surface area contributed by atoms with Crippen LogP contribution in [0.15, 0.2) is 18.5 Å². The summed E-state index contributed by atoms with van der Waals surface area (Å²) in [6, 6.07) is 2.00. The average molecular weight is 291 g/mol. The number of rotatable bonds is 6. The van der Waals surface area contributed by atoms with E-state index in [1.807, 2.05) is 11.0 Å². The van der Waals surface area contributed by atoms with E-state index >= 15 is 0 Å². The summed E-state index contributed by atoms with van der Waals surface area (Å²) >= 11 is 0. The van der Waals surface area contributed by atoms with Gasteiger partial charge in [-0.1, -0.05) is 6.92 Å². The normalized spacial score (nSPS) is 18.6. The molecular formula is C16H25N3O2. The minimum absolute atomic E-state index is 0.0276. The number of nitrogens with zero attached hydrogens (tertiary/aromatic N) is 2. The molecule has 1 saturated heterocycles. The first-order valence-corrected chi connectivity index (χ1v) is 7.87. The summed E-state index contributed by atoms with van der Waals surface area (Å²) in [5.41, 5.74) is 1.49. The van der Waals surface area contributed by atoms with Crippen molar-refractivity contribution in [3.63, 3.8) is 0 Å². The zero-order valence-electron chi connectivity index (χ0n) is 12.7. The van der Waals surface area contributed by atoms with E-state index in [1.54, 1.807) is 12.4 Å². The summed E-state index contributed by atoms with van der Waals surface area (Å²) in [4.78, 5) is 18.8. The Hall–Kier alpha value is -1.62. The van der Waals surface area contributed by atoms with Crippen molar-refractivity contribution in [1.29, 1.82) is 0 Å². The number of aromatic nitrogens is 1. The number of hydrogen-bond acceptors (Lipinski definition) is 4. The van der Waals surface area contributed by atoms with Gasteiger partial charge in [-0.25, -0.2) is 0 Å². The van der Waals surface area contributed by atoms with Gasteiger partial charge in [-0.3, -0.25) is 9.78 Å². The van der Waals surface area contributed by atoms with Gasteiger partial charge in [-0.2, -0.15) is 0 Å². The van der Waals surface area contributed by atoms with Crippen molar-refractivity contribution in [2.24, 2.45) is 0 Å². The molecule has 1 amide bonds. The lowest BCUT2D eigenvalue weighted by Crippen LogP contribution is -2.44. The number of anilines is 1. The Morgan fingerprint density at radius 2 is 2.38 bits per heavy atom. The Morgan fingerprint density at radius 3 is 3.14 bits per heavy atom. The maximum atomic E-state index is 12.8. The standard InChI is InChI=1S/C16H25N3O2/c1-2-8-18-15-6-9-17-12-14(15)16(21)19-10-4-3-5-13(19)7-11-20/h6,9,12-13,20H,2-5,7-8,10-11H2,1H3,(H,17,18). The van der Waals surface area contributed by atoms with Crippen LogP contribution in [0.4, 0.5) is 5.69 Å². The fourth-order valence-corrected chi connectivity index (χ4v) is 2.85. The molecule has 21 heavy (non-hydrogen) atoms. The number of carbonyl (C=O) groups excluding carboxylic acids is 1. The van der Waals surface area contributed by atoms with E-state index < -0.39 is 0 Å². The molecule has 1 atom stereocenters. The molecule has 5 nitrogen and oxygen atoms in total. The van der Waals surface area contributed by atoms with Crippen molar-refractivity contribution in [2.45, 2.75) is 45.1 Å². The number of likely N-dealkylation sites (tertiary alicyclic amines) is 1. The van der Waals surface area contributed by atoms with Gasteiger partial charge < -0.3 is 15.3 Å². The summed E-state index contributed by atoms with van der Waals surface area (Å²) in [5, 5.41) is 12.5. The molecule has 2 N–H and O–H groups in total. The highest BCUT2D eigenvalue weighted by atomic mass is 16.3. The molecule has 1 fully saturated rings. The lowest BCUT2D eigenvalue weighted by Gasteiger charge is -2.36. The van der Waals surface area contributed by atoms with E-state index in [9.17, 15) is 9.90 Å². The van der Waals surface area contributed by atoms with Crippen LogP contribution in [0.1, 0.15) is 49.4 Å². The largest absolute Gasteiger partial charge is 0.396 e. The van der Waals surface area contributed by atoms with Gasteiger partial charge in [0.15, 0.2) is 0 Å². The van der Waals surface area contributed by atoms with Crippen LogP contribution in [-0.4, -0.2) is 46.6 Å². The van der Waals surface area contributed by atoms with Crippen molar-refractivity contribution >= 4 is 11.6 Å². The maximum absolute atomic E-state index is 12.8. The van der Waals surface area contributed by atoms with Gasteiger partial charge in [0.25, 0.3) is 5.91 Å². The molecule has 0 radical (unpaired) electrons. The van der Waals surface area contributed by atoms with Crippen molar-refractivity contribution in [3.8, 4) is 0 Å². The van der Waals surface area contributed by atoms with Crippen LogP contribution in [0.5, 0.6) is 0 Å². The number of piperidine rings is 1. The first-order valence-electron chi connectivity index (χ1n) is 7.87. The molecule has 0 saturated carbocycles. The van der Waals surface area contributed by atoms with Gasteiger partial charge in [0.2, 0.25) is 0 Å². The molecule has 1 aliphatic rings. The van der Waals surface area contributed by atoms with Crippen LogP contribution in [-0.2, 0) is 0 Å². The second kappa shape index (κ2) is 7.98. The van der Waals surface area contributed by atoms with Crippen LogP contribution in [0.25, 0.3) is 0 Å². The smallest absolute Gasteiger partial charge is 0.257 e. The Labute approximate surface area is 126 Å². The van der Waals surface area contributed by atoms with E-state index in [-0.39, 0.29) is 18.6 Å². The summed E-state index contributed by atoms with van der Waals surface area (Å²) in [7, 11) is 0. The fraction of sp³-hybridized carbons (Fsp3) is 0.625. The third-order valence-corrected chi connectivity index (χ3v) is 3.97. The van der Waals surface area contributed by atoms with Gasteiger partial charge in [0.05, 0.1) is 11.3 Å². The van der Waals surface area contributed by atoms with Crippen molar-refractivity contribution in [3.05, 3.63) is 24.0 Å². The lowest BCUT2D eigenvalue weighted by molar-refractivity contribution is 0.0575. The second-order valence-corrected chi connectivity index (χ2v) is 5.51. The number of pyridine rings is 1. The molecule has 1 aliphatic heterocycles. The van der Waals surface area contributed by atoms with Crippen LogP contribution in [0, 0.1) is 0 Å². The van der Waals surface area contributed by atoms with E-state index in [1.165, 1.54) is 0 Å². The SMILES string of the molecule is CCCNc1ccncc1C(=O)N1CCCCC1CCO. The van der Waals surface area contributed by atoms with Crippen LogP contribution < -0.4 is 5.32 Å². The average Bonchev–Trinajstić information content (AvgIpc) is 2.53. The molecule has 0 bridgehead atoms. The summed E-state index contributed by atoms with van der Waals surface area (Å²) in [6.07, 6.45) is 8.15. The van der Waals surface area contributed by atoms with Gasteiger partial charge in [-0.15, -0.1) is 0 Å². The highest BCUT2D eigenvalue weighted by molar-refractivity contribution is 5.99. The maximum Gasteiger partial charge on any atom is 0.257 e. The molecular weight excluding hydrogens is 266 g/mol. The lowest BCUT2D eigenvalue weighted by atomic mass is 9.98. The predicted molar refractivity (Wildman–Crippen MR) is 83.4 cm³/mol. The monoisotopic (exact) mass is 291 g/mol. The molecule has 0 aliphatic carbocycles. The van der Waals surface area contributed by atoms with Crippen molar-refractivity contribution in [2.75, 3.05) is 25.0 Å². The van der Waals surface area contributed by atoms with Crippen molar-refractivity contribution < 1.29 is 9.90 Å². The van der Waals surface area contributed by atoms with E-state index in [0.717, 1.165) is 44.5 Å². The third-order valence-electron chi connectivity index (χ3n) is 3.97. The van der Waals surface area contributed by atoms with E-state index in [2.05, 4.69) is 17.2 Å². The molecule has 0 aromatic carbocycles. The first kappa shape index (κ1) is 15.8. The Kier molecular flexibility index (Phi) is 5.99. The zero-order valence-corrected chi connectivity index (χ0v) is 12.7. The number of hydrogen-bond donors (Lipinski definition) is 2. The van der Waals surface area contributed by atoms with Gasteiger partial charge in [-0.05, 0) is 38.2 Å². The first-order chi connectivity index (χ1) is 10.3. The number of aliphatic hydroxyl groups is 1. The summed E-state index contributed by atoms with van der Waals surface area (Å²) < 4.78 is 0. The van der Waals surface area contributed by atoms with Gasteiger partial charge in [0, 0.05) is 38.1 Å². The van der Waals surface area contributed by atoms with Crippen LogP contribution in [0.2, 0.25) is 0 Å². The Bertz CT molecular complexity index is 463. The molecule has 1 aromatic heterocycles. The summed E-state index contributed by atoms with van der Waals surface area (Å²) in [5.74, 6) is 0.0276. The Morgan fingerprint density at radius 1 is 1.52 bits per heavy atom. The number of amides is 1. The number of carbonyl (C=O) groups is 1. The molecule has 2 rings (SSSR count). The number of nitrogens with one attached hydrogen (secondary N) is 1. The van der Waals surface area contributed by atoms with Gasteiger partial charge >= 0.3 is 0 Å². The number of aliphatic hydroxyl groups excluding tert-OH is 1. The van der Waals surface area contributed by atoms with Crippen LogP contribution >= 0.6 is 0 Å². The van der Waals surface area contributed by atoms with Crippen LogP contribution in [0.3, 0.4) is 0 Å². The minimum Gasteiger partial charge on any atom is -0.396 e. The molecule has 2 heterocycles. The molecule has 1 aromatic rings. The van der Waals surface area contributed by atoms with E-state index in [0.29, 0.717) is 12.0 Å². The molecule has 1 unspecified atom stereocenters. The zero-order chi connectivity index (χ0) is 15.1. The minimum atomic E-state index is 0.0276. The van der Waals surface area contributed by atoms with Gasteiger partial charge in [0.1, 0.15) is 0 Å². The summed E-state index contributed by atoms with van der Waals surface area (Å²) in [6.45, 7) is 3.83.